The molecule has 1 aliphatic heterocycles. The van der Waals surface area contributed by atoms with E-state index in [0.717, 1.165) is 10.2 Å². The molecular formula is C21H22N2O6S2. The Kier molecular flexibility index (Phi) is 6.12. The summed E-state index contributed by atoms with van der Waals surface area (Å²) in [5.41, 5.74) is 1.18. The first-order chi connectivity index (χ1) is 14.9. The number of nitrogens with zero attached hydrogens (tertiary/aromatic N) is 2. The summed E-state index contributed by atoms with van der Waals surface area (Å²) in [7, 11) is -3.34. The lowest BCUT2D eigenvalue weighted by Gasteiger charge is -2.18. The smallest absolute Gasteiger partial charge is 0.279 e. The Labute approximate surface area is 183 Å². The summed E-state index contributed by atoms with van der Waals surface area (Å²) in [6.45, 7) is 4.32. The highest BCUT2D eigenvalue weighted by atomic mass is 32.2. The van der Waals surface area contributed by atoms with E-state index < -0.39 is 15.7 Å². The second kappa shape index (κ2) is 8.81. The van der Waals surface area contributed by atoms with Crippen LogP contribution in [0.1, 0.15) is 17.3 Å². The van der Waals surface area contributed by atoms with E-state index >= 15 is 0 Å². The largest absolute Gasteiger partial charge is 0.486 e. The fourth-order valence-corrected chi connectivity index (χ4v) is 5.03. The number of amides is 1. The normalized spacial score (nSPS) is 14.2. The second-order valence-corrected chi connectivity index (χ2v) is 9.94. The quantitative estimate of drug-likeness (QED) is 0.523. The minimum absolute atomic E-state index is 0.225. The van der Waals surface area contributed by atoms with Crippen LogP contribution in [0.15, 0.2) is 46.3 Å². The molecule has 0 saturated heterocycles. The van der Waals surface area contributed by atoms with Crippen molar-refractivity contribution >= 4 is 37.3 Å². The molecule has 0 saturated carbocycles. The molecule has 0 atom stereocenters. The monoisotopic (exact) mass is 462 g/mol. The van der Waals surface area contributed by atoms with Gasteiger partial charge >= 0.3 is 0 Å². The number of rotatable bonds is 6. The van der Waals surface area contributed by atoms with Gasteiger partial charge in [0.1, 0.15) is 13.2 Å². The first kappa shape index (κ1) is 21.5. The zero-order valence-corrected chi connectivity index (χ0v) is 18.8. The van der Waals surface area contributed by atoms with E-state index in [9.17, 15) is 13.2 Å². The summed E-state index contributed by atoms with van der Waals surface area (Å²) >= 11 is 1.26. The SMILES string of the molecule is CCOCCn1c(=NC(=O)c2ccc3c(c2)OCCO3)sc2cc(S(C)(=O)=O)ccc21. The maximum Gasteiger partial charge on any atom is 0.279 e. The molecule has 0 N–H and O–H groups in total. The van der Waals surface area contributed by atoms with E-state index in [1.165, 1.54) is 17.6 Å². The lowest BCUT2D eigenvalue weighted by molar-refractivity contribution is 0.0995. The van der Waals surface area contributed by atoms with Gasteiger partial charge in [0.05, 0.1) is 21.7 Å². The highest BCUT2D eigenvalue weighted by molar-refractivity contribution is 7.90. The number of carbonyl (C=O) groups excluding carboxylic acids is 1. The van der Waals surface area contributed by atoms with Gasteiger partial charge in [-0.3, -0.25) is 4.79 Å². The summed E-state index contributed by atoms with van der Waals surface area (Å²) in [5.74, 6) is 0.701. The van der Waals surface area contributed by atoms with Gasteiger partial charge in [-0.2, -0.15) is 4.99 Å². The predicted octanol–water partition coefficient (Wildman–Crippen LogP) is 2.66. The van der Waals surface area contributed by atoms with Crippen LogP contribution < -0.4 is 14.3 Å². The highest BCUT2D eigenvalue weighted by Crippen LogP contribution is 2.31. The minimum Gasteiger partial charge on any atom is -0.486 e. The molecule has 2 aromatic carbocycles. The molecule has 0 unspecified atom stereocenters. The maximum absolute atomic E-state index is 12.9. The Morgan fingerprint density at radius 1 is 1.16 bits per heavy atom. The van der Waals surface area contributed by atoms with Crippen LogP contribution >= 0.6 is 11.3 Å². The van der Waals surface area contributed by atoms with Gasteiger partial charge in [-0.25, -0.2) is 8.42 Å². The summed E-state index contributed by atoms with van der Waals surface area (Å²) in [6.07, 6.45) is 1.17. The Hall–Kier alpha value is -2.69. The van der Waals surface area contributed by atoms with Crippen molar-refractivity contribution in [3.63, 3.8) is 0 Å². The lowest BCUT2D eigenvalue weighted by Crippen LogP contribution is -2.20. The van der Waals surface area contributed by atoms with Gasteiger partial charge in [-0.05, 0) is 43.3 Å². The third-order valence-electron chi connectivity index (χ3n) is 4.73. The maximum atomic E-state index is 12.9. The fraction of sp³-hybridized carbons (Fsp3) is 0.333. The topological polar surface area (TPSA) is 96.2 Å². The van der Waals surface area contributed by atoms with E-state index in [1.807, 2.05) is 11.5 Å². The minimum atomic E-state index is -3.34. The summed E-state index contributed by atoms with van der Waals surface area (Å²) in [6, 6.07) is 9.89. The van der Waals surface area contributed by atoms with Gasteiger partial charge in [-0.15, -0.1) is 0 Å². The van der Waals surface area contributed by atoms with Crippen molar-refractivity contribution in [2.75, 3.05) is 32.7 Å². The molecule has 31 heavy (non-hydrogen) atoms. The van der Waals surface area contributed by atoms with Crippen molar-refractivity contribution in [3.8, 4) is 11.5 Å². The molecule has 3 aromatic rings. The average molecular weight is 463 g/mol. The Bertz CT molecular complexity index is 1310. The third-order valence-corrected chi connectivity index (χ3v) is 6.88. The first-order valence-electron chi connectivity index (χ1n) is 9.76. The van der Waals surface area contributed by atoms with E-state index in [1.54, 1.807) is 36.4 Å². The summed E-state index contributed by atoms with van der Waals surface area (Å²) in [5, 5.41) is 0. The molecule has 10 heteroatoms. The van der Waals surface area contributed by atoms with E-state index in [-0.39, 0.29) is 4.90 Å². The third kappa shape index (κ3) is 4.65. The Balaban J connectivity index is 1.77. The van der Waals surface area contributed by atoms with Crippen LogP contribution in [-0.2, 0) is 21.1 Å². The molecule has 1 aromatic heterocycles. The molecule has 0 fully saturated rings. The van der Waals surface area contributed by atoms with Crippen LogP contribution in [0.4, 0.5) is 0 Å². The molecular weight excluding hydrogens is 440 g/mol. The van der Waals surface area contributed by atoms with Gasteiger partial charge < -0.3 is 18.8 Å². The average Bonchev–Trinajstić information content (AvgIpc) is 3.09. The summed E-state index contributed by atoms with van der Waals surface area (Å²) in [4.78, 5) is 17.9. The predicted molar refractivity (Wildman–Crippen MR) is 117 cm³/mol. The van der Waals surface area contributed by atoms with Crippen LogP contribution in [0, 0.1) is 0 Å². The van der Waals surface area contributed by atoms with Gasteiger partial charge in [-0.1, -0.05) is 11.3 Å². The number of fused-ring (bicyclic) bond motifs is 2. The number of benzene rings is 2. The van der Waals surface area contributed by atoms with Crippen LogP contribution in [0.5, 0.6) is 11.5 Å². The Morgan fingerprint density at radius 3 is 2.68 bits per heavy atom. The van der Waals surface area contributed by atoms with Crippen molar-refractivity contribution in [1.82, 2.24) is 4.57 Å². The Morgan fingerprint density at radius 2 is 1.94 bits per heavy atom. The molecule has 0 bridgehead atoms. The molecule has 0 radical (unpaired) electrons. The molecule has 4 rings (SSSR count). The highest BCUT2D eigenvalue weighted by Gasteiger charge is 2.16. The number of sulfone groups is 1. The second-order valence-electron chi connectivity index (χ2n) is 6.91. The number of hydrogen-bond donors (Lipinski definition) is 0. The van der Waals surface area contributed by atoms with Crippen molar-refractivity contribution in [2.24, 2.45) is 4.99 Å². The number of hydrogen-bond acceptors (Lipinski definition) is 7. The molecule has 8 nitrogen and oxygen atoms in total. The van der Waals surface area contributed by atoms with E-state index in [2.05, 4.69) is 4.99 Å². The van der Waals surface area contributed by atoms with Crippen LogP contribution in [-0.4, -0.2) is 51.6 Å². The van der Waals surface area contributed by atoms with Crippen molar-refractivity contribution in [2.45, 2.75) is 18.4 Å². The van der Waals surface area contributed by atoms with Gasteiger partial charge in [0.25, 0.3) is 5.91 Å². The number of carbonyl (C=O) groups is 1. The van der Waals surface area contributed by atoms with Crippen LogP contribution in [0.3, 0.4) is 0 Å². The fourth-order valence-electron chi connectivity index (χ4n) is 3.21. The molecule has 1 amide bonds. The molecule has 0 aliphatic carbocycles. The summed E-state index contributed by atoms with van der Waals surface area (Å²) < 4.78 is 43.0. The lowest BCUT2D eigenvalue weighted by atomic mass is 10.2. The van der Waals surface area contributed by atoms with Crippen molar-refractivity contribution < 1.29 is 27.4 Å². The van der Waals surface area contributed by atoms with Crippen LogP contribution in [0.2, 0.25) is 0 Å². The molecule has 2 heterocycles. The standard InChI is InChI=1S/C21H22N2O6S2/c1-3-27-9-8-23-16-6-5-15(31(2,25)26)13-19(16)30-21(23)22-20(24)14-4-7-17-18(12-14)29-11-10-28-17/h4-7,12-13H,3,8-11H2,1-2H3. The first-order valence-corrected chi connectivity index (χ1v) is 12.5. The number of aromatic nitrogens is 1. The van der Waals surface area contributed by atoms with Crippen molar-refractivity contribution in [1.29, 1.82) is 0 Å². The molecule has 0 spiro atoms. The van der Waals surface area contributed by atoms with Crippen molar-refractivity contribution in [3.05, 3.63) is 46.8 Å². The zero-order chi connectivity index (χ0) is 22.0. The number of ether oxygens (including phenoxy) is 3. The molecule has 1 aliphatic rings. The van der Waals surface area contributed by atoms with E-state index in [0.29, 0.717) is 54.8 Å². The van der Waals surface area contributed by atoms with Gasteiger partial charge in [0.2, 0.25) is 0 Å². The van der Waals surface area contributed by atoms with Gasteiger partial charge in [0.15, 0.2) is 26.1 Å². The number of thiazole rings is 1. The van der Waals surface area contributed by atoms with Crippen LogP contribution in [0.25, 0.3) is 10.2 Å². The zero-order valence-electron chi connectivity index (χ0n) is 17.2. The van der Waals surface area contributed by atoms with E-state index in [4.69, 9.17) is 14.2 Å². The van der Waals surface area contributed by atoms with Gasteiger partial charge in [0, 0.05) is 25.0 Å². The molecule has 164 valence electrons.